The molecule has 21 heavy (non-hydrogen) atoms. The Morgan fingerprint density at radius 2 is 1.90 bits per heavy atom. The molecule has 0 bridgehead atoms. The van der Waals surface area contributed by atoms with Gasteiger partial charge in [-0.1, -0.05) is 13.0 Å². The normalized spacial score (nSPS) is 19.5. The maximum Gasteiger partial charge on any atom is 0.573 e. The van der Waals surface area contributed by atoms with Crippen molar-refractivity contribution < 1.29 is 27.4 Å². The molecule has 0 spiro atoms. The highest BCUT2D eigenvalue weighted by Crippen LogP contribution is 2.36. The largest absolute Gasteiger partial charge is 0.573 e. The summed E-state index contributed by atoms with van der Waals surface area (Å²) in [5.74, 6) is -2.02. The van der Waals surface area contributed by atoms with E-state index in [-0.39, 0.29) is 5.56 Å². The fourth-order valence-corrected chi connectivity index (χ4v) is 2.52. The highest BCUT2D eigenvalue weighted by Gasteiger charge is 2.36. The van der Waals surface area contributed by atoms with Gasteiger partial charge < -0.3 is 14.7 Å². The number of halogens is 4. The molecule has 1 saturated heterocycles. The molecule has 1 fully saturated rings. The van der Waals surface area contributed by atoms with E-state index in [4.69, 9.17) is 0 Å². The minimum Gasteiger partial charge on any atom is -0.403 e. The van der Waals surface area contributed by atoms with E-state index >= 15 is 0 Å². The molecule has 1 aromatic carbocycles. The van der Waals surface area contributed by atoms with Crippen molar-refractivity contribution in [1.29, 1.82) is 0 Å². The van der Waals surface area contributed by atoms with Crippen LogP contribution in [0.25, 0.3) is 0 Å². The summed E-state index contributed by atoms with van der Waals surface area (Å²) in [7, 11) is 0. The summed E-state index contributed by atoms with van der Waals surface area (Å²) in [6.07, 6.45) is -4.19. The van der Waals surface area contributed by atoms with E-state index in [1.807, 2.05) is 6.92 Å². The van der Waals surface area contributed by atoms with Crippen LogP contribution in [-0.2, 0) is 5.60 Å². The van der Waals surface area contributed by atoms with Crippen molar-refractivity contribution in [3.05, 3.63) is 29.6 Å². The summed E-state index contributed by atoms with van der Waals surface area (Å²) in [5, 5.41) is 10.6. The van der Waals surface area contributed by atoms with Crippen molar-refractivity contribution in [2.45, 2.75) is 31.7 Å². The molecule has 1 aromatic rings. The zero-order valence-corrected chi connectivity index (χ0v) is 11.6. The highest BCUT2D eigenvalue weighted by molar-refractivity contribution is 5.34. The van der Waals surface area contributed by atoms with E-state index in [0.717, 1.165) is 18.7 Å². The third-order valence-corrected chi connectivity index (χ3v) is 3.82. The standard InChI is InChI=1S/C14H17F4NO2/c1-2-19-7-5-13(20,6-8-19)10-3-4-11(15)12(9-10)21-14(16,17)18/h3-4,9,20H,2,5-8H2,1H3. The molecule has 0 aromatic heterocycles. The van der Waals surface area contributed by atoms with Gasteiger partial charge >= 0.3 is 6.36 Å². The summed E-state index contributed by atoms with van der Waals surface area (Å²) in [4.78, 5) is 2.13. The van der Waals surface area contributed by atoms with Gasteiger partial charge in [0.25, 0.3) is 0 Å². The molecule has 0 unspecified atom stereocenters. The Bertz CT molecular complexity index is 496. The van der Waals surface area contributed by atoms with Crippen molar-refractivity contribution in [1.82, 2.24) is 4.90 Å². The molecular weight excluding hydrogens is 290 g/mol. The van der Waals surface area contributed by atoms with Gasteiger partial charge in [-0.25, -0.2) is 4.39 Å². The van der Waals surface area contributed by atoms with Crippen LogP contribution in [-0.4, -0.2) is 36.0 Å². The number of hydrogen-bond donors (Lipinski definition) is 1. The summed E-state index contributed by atoms with van der Waals surface area (Å²) in [6, 6.07) is 3.13. The molecule has 3 nitrogen and oxygen atoms in total. The number of benzene rings is 1. The topological polar surface area (TPSA) is 32.7 Å². The number of piperidine rings is 1. The molecule has 2 rings (SSSR count). The predicted molar refractivity (Wildman–Crippen MR) is 68.3 cm³/mol. The van der Waals surface area contributed by atoms with Gasteiger partial charge in [-0.05, 0) is 37.1 Å². The monoisotopic (exact) mass is 307 g/mol. The van der Waals surface area contributed by atoms with Crippen LogP contribution in [0.1, 0.15) is 25.3 Å². The van der Waals surface area contributed by atoms with Gasteiger partial charge in [-0.15, -0.1) is 13.2 Å². The third kappa shape index (κ3) is 3.85. The van der Waals surface area contributed by atoms with E-state index in [2.05, 4.69) is 9.64 Å². The van der Waals surface area contributed by atoms with Crippen LogP contribution < -0.4 is 4.74 Å². The summed E-state index contributed by atoms with van der Waals surface area (Å²) in [5.41, 5.74) is -0.998. The number of ether oxygens (including phenoxy) is 1. The number of alkyl halides is 3. The van der Waals surface area contributed by atoms with Gasteiger partial charge in [0.05, 0.1) is 5.60 Å². The average molecular weight is 307 g/mol. The molecule has 118 valence electrons. The molecule has 0 amide bonds. The molecule has 7 heteroatoms. The quantitative estimate of drug-likeness (QED) is 0.871. The molecular formula is C14H17F4NO2. The smallest absolute Gasteiger partial charge is 0.403 e. The van der Waals surface area contributed by atoms with E-state index in [0.29, 0.717) is 25.9 Å². The van der Waals surface area contributed by atoms with Gasteiger partial charge in [0.2, 0.25) is 0 Å². The lowest BCUT2D eigenvalue weighted by atomic mass is 9.84. The van der Waals surface area contributed by atoms with Gasteiger partial charge in [0, 0.05) is 13.1 Å². The lowest BCUT2D eigenvalue weighted by molar-refractivity contribution is -0.275. The molecule has 0 atom stereocenters. The second kappa shape index (κ2) is 5.81. The van der Waals surface area contributed by atoms with Crippen LogP contribution >= 0.6 is 0 Å². The predicted octanol–water partition coefficient (Wildman–Crippen LogP) is 3.03. The molecule has 1 heterocycles. The van der Waals surface area contributed by atoms with Crippen LogP contribution in [0, 0.1) is 5.82 Å². The minimum atomic E-state index is -4.96. The van der Waals surface area contributed by atoms with E-state index < -0.39 is 23.5 Å². The first-order valence-corrected chi connectivity index (χ1v) is 6.74. The molecule has 1 aliphatic heterocycles. The van der Waals surface area contributed by atoms with Crippen molar-refractivity contribution in [3.8, 4) is 5.75 Å². The van der Waals surface area contributed by atoms with E-state index in [1.165, 1.54) is 6.07 Å². The third-order valence-electron chi connectivity index (χ3n) is 3.82. The zero-order valence-electron chi connectivity index (χ0n) is 11.6. The summed E-state index contributed by atoms with van der Waals surface area (Å²) < 4.78 is 53.7. The first-order valence-electron chi connectivity index (χ1n) is 6.74. The van der Waals surface area contributed by atoms with E-state index in [1.54, 1.807) is 0 Å². The number of hydrogen-bond acceptors (Lipinski definition) is 3. The maximum atomic E-state index is 13.4. The van der Waals surface area contributed by atoms with Gasteiger partial charge in [-0.2, -0.15) is 0 Å². The fourth-order valence-electron chi connectivity index (χ4n) is 2.52. The lowest BCUT2D eigenvalue weighted by Gasteiger charge is -2.38. The number of nitrogens with zero attached hydrogens (tertiary/aromatic N) is 1. The first kappa shape index (κ1) is 16.0. The molecule has 0 radical (unpaired) electrons. The van der Waals surface area contributed by atoms with E-state index in [9.17, 15) is 22.7 Å². The Labute approximate surface area is 120 Å². The Kier molecular flexibility index (Phi) is 4.43. The first-order chi connectivity index (χ1) is 9.73. The zero-order chi connectivity index (χ0) is 15.7. The average Bonchev–Trinajstić information content (AvgIpc) is 2.40. The summed E-state index contributed by atoms with van der Waals surface area (Å²) in [6.45, 7) is 4.12. The van der Waals surface area contributed by atoms with Crippen molar-refractivity contribution in [3.63, 3.8) is 0 Å². The molecule has 1 aliphatic rings. The Morgan fingerprint density at radius 1 is 1.29 bits per heavy atom. The molecule has 0 aliphatic carbocycles. The lowest BCUT2D eigenvalue weighted by Crippen LogP contribution is -2.42. The number of likely N-dealkylation sites (tertiary alicyclic amines) is 1. The van der Waals surface area contributed by atoms with Gasteiger partial charge in [0.1, 0.15) is 0 Å². The number of aliphatic hydroxyl groups is 1. The minimum absolute atomic E-state index is 0.249. The molecule has 0 saturated carbocycles. The number of rotatable bonds is 3. The second-order valence-corrected chi connectivity index (χ2v) is 5.16. The van der Waals surface area contributed by atoms with Crippen molar-refractivity contribution in [2.24, 2.45) is 0 Å². The van der Waals surface area contributed by atoms with Crippen molar-refractivity contribution in [2.75, 3.05) is 19.6 Å². The fraction of sp³-hybridized carbons (Fsp3) is 0.571. The molecule has 1 N–H and O–H groups in total. The second-order valence-electron chi connectivity index (χ2n) is 5.16. The Hall–Kier alpha value is -1.34. The van der Waals surface area contributed by atoms with Crippen molar-refractivity contribution >= 4 is 0 Å². The van der Waals surface area contributed by atoms with Crippen LogP contribution in [0.2, 0.25) is 0 Å². The summed E-state index contributed by atoms with van der Waals surface area (Å²) >= 11 is 0. The van der Waals surface area contributed by atoms with Crippen LogP contribution in [0.3, 0.4) is 0 Å². The SMILES string of the molecule is CCN1CCC(O)(c2ccc(F)c(OC(F)(F)F)c2)CC1. The highest BCUT2D eigenvalue weighted by atomic mass is 19.4. The Balaban J connectivity index is 2.22. The van der Waals surface area contributed by atoms with Gasteiger partial charge in [-0.3, -0.25) is 0 Å². The van der Waals surface area contributed by atoms with Crippen LogP contribution in [0.15, 0.2) is 18.2 Å². The maximum absolute atomic E-state index is 13.4. The Morgan fingerprint density at radius 3 is 2.43 bits per heavy atom. The van der Waals surface area contributed by atoms with Gasteiger partial charge in [0.15, 0.2) is 11.6 Å². The van der Waals surface area contributed by atoms with Crippen LogP contribution in [0.5, 0.6) is 5.75 Å². The van der Waals surface area contributed by atoms with Crippen LogP contribution in [0.4, 0.5) is 17.6 Å².